The lowest BCUT2D eigenvalue weighted by Crippen LogP contribution is -2.60. The van der Waals surface area contributed by atoms with Crippen LogP contribution >= 0.6 is 0 Å². The molecule has 0 aromatic carbocycles. The summed E-state index contributed by atoms with van der Waals surface area (Å²) < 4.78 is 11.1. The van der Waals surface area contributed by atoms with E-state index < -0.39 is 61.5 Å². The SMILES string of the molecule is CCCCC/C=C\CCCCCCC(O)C(=O)NC(COC1OC(CO)C(O)C(O)C1O)C(O)/C=C/CC/C=C/CC/C=C/CCCCCCCC. The lowest BCUT2D eigenvalue weighted by molar-refractivity contribution is -0.302. The Morgan fingerprint density at radius 3 is 1.71 bits per heavy atom. The van der Waals surface area contributed by atoms with Crippen LogP contribution in [0.15, 0.2) is 48.6 Å². The van der Waals surface area contributed by atoms with Crippen molar-refractivity contribution in [1.82, 2.24) is 5.32 Å². The van der Waals surface area contributed by atoms with Crippen molar-refractivity contribution >= 4 is 5.91 Å². The molecule has 0 aromatic rings. The first-order valence-corrected chi connectivity index (χ1v) is 20.5. The Morgan fingerprint density at radius 2 is 1.13 bits per heavy atom. The van der Waals surface area contributed by atoms with Gasteiger partial charge in [-0.15, -0.1) is 0 Å². The number of ether oxygens (including phenoxy) is 2. The molecule has 0 radical (unpaired) electrons. The summed E-state index contributed by atoms with van der Waals surface area (Å²) in [4.78, 5) is 12.9. The van der Waals surface area contributed by atoms with Crippen LogP contribution in [0.1, 0.15) is 149 Å². The van der Waals surface area contributed by atoms with Crippen LogP contribution in [0, 0.1) is 0 Å². The third-order valence-electron chi connectivity index (χ3n) is 9.46. The molecule has 52 heavy (non-hydrogen) atoms. The quantitative estimate of drug-likeness (QED) is 0.0303. The van der Waals surface area contributed by atoms with Crippen molar-refractivity contribution < 1.29 is 44.9 Å². The fourth-order valence-electron chi connectivity index (χ4n) is 6.01. The molecule has 10 nitrogen and oxygen atoms in total. The predicted octanol–water partition coefficient (Wildman–Crippen LogP) is 6.47. The van der Waals surface area contributed by atoms with E-state index >= 15 is 0 Å². The van der Waals surface area contributed by atoms with E-state index in [1.165, 1.54) is 57.8 Å². The van der Waals surface area contributed by atoms with Gasteiger partial charge in [-0.05, 0) is 70.6 Å². The monoisotopic (exact) mass is 738 g/mol. The van der Waals surface area contributed by atoms with E-state index in [-0.39, 0.29) is 13.0 Å². The molecule has 0 aliphatic carbocycles. The van der Waals surface area contributed by atoms with Crippen LogP contribution in [0.5, 0.6) is 0 Å². The molecule has 0 aromatic heterocycles. The van der Waals surface area contributed by atoms with E-state index in [1.807, 2.05) is 6.08 Å². The summed E-state index contributed by atoms with van der Waals surface area (Å²) >= 11 is 0. The highest BCUT2D eigenvalue weighted by Crippen LogP contribution is 2.22. The minimum absolute atomic E-state index is 0.284. The summed E-state index contributed by atoms with van der Waals surface area (Å²) in [5, 5.41) is 64.3. The van der Waals surface area contributed by atoms with E-state index in [2.05, 4.69) is 55.6 Å². The van der Waals surface area contributed by atoms with Gasteiger partial charge in [-0.1, -0.05) is 127 Å². The third-order valence-corrected chi connectivity index (χ3v) is 9.46. The number of rotatable bonds is 32. The number of hydrogen-bond donors (Lipinski definition) is 7. The normalized spacial score (nSPS) is 23.0. The van der Waals surface area contributed by atoms with Gasteiger partial charge in [-0.3, -0.25) is 4.79 Å². The molecule has 10 heteroatoms. The Balaban J connectivity index is 2.55. The highest BCUT2D eigenvalue weighted by Gasteiger charge is 2.44. The second-order valence-corrected chi connectivity index (χ2v) is 14.2. The van der Waals surface area contributed by atoms with Crippen LogP contribution in [0.4, 0.5) is 0 Å². The van der Waals surface area contributed by atoms with Gasteiger partial charge in [0.15, 0.2) is 6.29 Å². The van der Waals surface area contributed by atoms with Gasteiger partial charge < -0.3 is 45.4 Å². The molecule has 1 saturated heterocycles. The first-order valence-electron chi connectivity index (χ1n) is 20.5. The molecule has 1 amide bonds. The van der Waals surface area contributed by atoms with Crippen LogP contribution in [-0.4, -0.2) is 98.7 Å². The minimum Gasteiger partial charge on any atom is -0.394 e. The summed E-state index contributed by atoms with van der Waals surface area (Å²) in [7, 11) is 0. The lowest BCUT2D eigenvalue weighted by Gasteiger charge is -2.40. The first-order chi connectivity index (χ1) is 25.3. The molecule has 1 heterocycles. The molecule has 302 valence electrons. The summed E-state index contributed by atoms with van der Waals surface area (Å²) in [6.07, 6.45) is 29.2. The summed E-state index contributed by atoms with van der Waals surface area (Å²) in [6.45, 7) is 3.50. The number of carbonyl (C=O) groups excluding carboxylic acids is 1. The van der Waals surface area contributed by atoms with Crippen molar-refractivity contribution in [3.63, 3.8) is 0 Å². The molecule has 0 saturated carbocycles. The minimum atomic E-state index is -1.62. The highest BCUT2D eigenvalue weighted by molar-refractivity contribution is 5.80. The van der Waals surface area contributed by atoms with Crippen LogP contribution in [0.25, 0.3) is 0 Å². The number of unbranched alkanes of at least 4 members (excludes halogenated alkanes) is 15. The maximum atomic E-state index is 12.9. The van der Waals surface area contributed by atoms with Crippen molar-refractivity contribution in [3.05, 3.63) is 48.6 Å². The molecule has 0 spiro atoms. The Labute approximate surface area is 315 Å². The van der Waals surface area contributed by atoms with Gasteiger partial charge in [0.05, 0.1) is 25.4 Å². The van der Waals surface area contributed by atoms with E-state index in [0.717, 1.165) is 57.8 Å². The molecule has 8 unspecified atom stereocenters. The standard InChI is InChI=1S/C42H75NO9/c1-3-5-7-9-11-13-15-16-17-18-19-21-22-24-26-28-30-35(45)34(33-51-42-40(49)39(48)38(47)37(32-44)52-42)43-41(50)36(46)31-29-27-25-23-20-14-12-10-8-6-4-2/h12,14,16-17,21-22,28,30,34-40,42,44-49H,3-11,13,15,18-20,23-27,29,31-33H2,1-2H3,(H,43,50)/b14-12-,17-16+,22-21+,30-28+. The molecule has 1 fully saturated rings. The van der Waals surface area contributed by atoms with Crippen LogP contribution in [0.3, 0.4) is 0 Å². The Hall–Kier alpha value is -1.89. The Morgan fingerprint density at radius 1 is 0.654 bits per heavy atom. The maximum Gasteiger partial charge on any atom is 0.249 e. The number of nitrogens with one attached hydrogen (secondary N) is 1. The predicted molar refractivity (Wildman–Crippen MR) is 209 cm³/mol. The molecule has 1 aliphatic heterocycles. The zero-order valence-corrected chi connectivity index (χ0v) is 32.4. The number of carbonyl (C=O) groups is 1. The fourth-order valence-corrected chi connectivity index (χ4v) is 6.01. The van der Waals surface area contributed by atoms with E-state index in [9.17, 15) is 35.4 Å². The lowest BCUT2D eigenvalue weighted by atomic mass is 9.99. The van der Waals surface area contributed by atoms with Gasteiger partial charge in [-0.2, -0.15) is 0 Å². The largest absolute Gasteiger partial charge is 0.394 e. The Kier molecular flexibility index (Phi) is 30.1. The number of hydrogen-bond acceptors (Lipinski definition) is 9. The van der Waals surface area contributed by atoms with Gasteiger partial charge in [-0.25, -0.2) is 0 Å². The van der Waals surface area contributed by atoms with Crippen molar-refractivity contribution in [2.45, 2.75) is 198 Å². The average Bonchev–Trinajstić information content (AvgIpc) is 3.14. The zero-order chi connectivity index (χ0) is 38.2. The summed E-state index contributed by atoms with van der Waals surface area (Å²) in [5.74, 6) is -0.645. The average molecular weight is 738 g/mol. The van der Waals surface area contributed by atoms with Crippen LogP contribution < -0.4 is 5.32 Å². The second-order valence-electron chi connectivity index (χ2n) is 14.2. The van der Waals surface area contributed by atoms with Crippen LogP contribution in [0.2, 0.25) is 0 Å². The van der Waals surface area contributed by atoms with Crippen LogP contribution in [-0.2, 0) is 14.3 Å². The molecule has 1 rings (SSSR count). The third kappa shape index (κ3) is 23.0. The summed E-state index contributed by atoms with van der Waals surface area (Å²) in [5.41, 5.74) is 0. The molecule has 8 atom stereocenters. The molecular formula is C42H75NO9. The van der Waals surface area contributed by atoms with Gasteiger partial charge in [0.2, 0.25) is 5.91 Å². The van der Waals surface area contributed by atoms with Crippen molar-refractivity contribution in [1.29, 1.82) is 0 Å². The number of aliphatic hydroxyl groups is 6. The number of aliphatic hydroxyl groups excluding tert-OH is 6. The second kappa shape index (κ2) is 32.5. The fraction of sp³-hybridized carbons (Fsp3) is 0.786. The van der Waals surface area contributed by atoms with Gasteiger partial charge in [0, 0.05) is 0 Å². The molecule has 1 aliphatic rings. The Bertz CT molecular complexity index is 969. The molecular weight excluding hydrogens is 662 g/mol. The van der Waals surface area contributed by atoms with Crippen molar-refractivity contribution in [3.8, 4) is 0 Å². The molecule has 0 bridgehead atoms. The number of allylic oxidation sites excluding steroid dienone is 7. The topological polar surface area (TPSA) is 169 Å². The first kappa shape index (κ1) is 48.1. The van der Waals surface area contributed by atoms with Crippen molar-refractivity contribution in [2.75, 3.05) is 13.2 Å². The zero-order valence-electron chi connectivity index (χ0n) is 32.4. The number of amides is 1. The van der Waals surface area contributed by atoms with Crippen molar-refractivity contribution in [2.24, 2.45) is 0 Å². The van der Waals surface area contributed by atoms with E-state index in [1.54, 1.807) is 6.08 Å². The summed E-state index contributed by atoms with van der Waals surface area (Å²) in [6, 6.07) is -1.01. The smallest absolute Gasteiger partial charge is 0.249 e. The maximum absolute atomic E-state index is 12.9. The van der Waals surface area contributed by atoms with Gasteiger partial charge in [0.25, 0.3) is 0 Å². The van der Waals surface area contributed by atoms with Gasteiger partial charge >= 0.3 is 0 Å². The van der Waals surface area contributed by atoms with E-state index in [0.29, 0.717) is 12.8 Å². The van der Waals surface area contributed by atoms with E-state index in [4.69, 9.17) is 9.47 Å². The highest BCUT2D eigenvalue weighted by atomic mass is 16.7. The van der Waals surface area contributed by atoms with Gasteiger partial charge in [0.1, 0.15) is 30.5 Å². The molecule has 7 N–H and O–H groups in total.